The van der Waals surface area contributed by atoms with E-state index in [-0.39, 0.29) is 18.1 Å². The molecule has 0 spiro atoms. The molecule has 0 unspecified atom stereocenters. The van der Waals surface area contributed by atoms with E-state index in [1.54, 1.807) is 26.0 Å². The van der Waals surface area contributed by atoms with Gasteiger partial charge in [-0.3, -0.25) is 4.79 Å². The first kappa shape index (κ1) is 20.4. The lowest BCUT2D eigenvalue weighted by molar-refractivity contribution is -0.00548. The zero-order valence-corrected chi connectivity index (χ0v) is 18.0. The third-order valence-electron chi connectivity index (χ3n) is 6.20. The van der Waals surface area contributed by atoms with Gasteiger partial charge in [-0.2, -0.15) is 0 Å². The summed E-state index contributed by atoms with van der Waals surface area (Å²) in [5.74, 6) is 1.05. The van der Waals surface area contributed by atoms with Gasteiger partial charge < -0.3 is 14.4 Å². The van der Waals surface area contributed by atoms with Gasteiger partial charge in [0.15, 0.2) is 0 Å². The van der Waals surface area contributed by atoms with Crippen molar-refractivity contribution >= 4 is 17.7 Å². The van der Waals surface area contributed by atoms with Gasteiger partial charge in [0.05, 0.1) is 24.9 Å². The third-order valence-corrected chi connectivity index (χ3v) is 6.95. The summed E-state index contributed by atoms with van der Waals surface area (Å²) in [5, 5.41) is 8.51. The molecule has 1 aromatic heterocycles. The SMILES string of the molecule is COCc1cn([C@@H]2C[C@@H]3CN(C(=O)c4ccc(SC)cc4)C[C@@H]3C[C@H]2OC)nn1. The van der Waals surface area contributed by atoms with Gasteiger partial charge in [0.1, 0.15) is 5.69 Å². The average molecular weight is 417 g/mol. The quantitative estimate of drug-likeness (QED) is 0.675. The molecule has 4 rings (SSSR count). The monoisotopic (exact) mass is 416 g/mol. The third kappa shape index (κ3) is 4.20. The number of methoxy groups -OCH3 is 2. The first-order chi connectivity index (χ1) is 14.1. The zero-order valence-electron chi connectivity index (χ0n) is 17.2. The van der Waals surface area contributed by atoms with Crippen LogP contribution in [0.4, 0.5) is 0 Å². The molecule has 4 atom stereocenters. The van der Waals surface area contributed by atoms with Crippen molar-refractivity contribution in [1.29, 1.82) is 0 Å². The predicted octanol–water partition coefficient (Wildman–Crippen LogP) is 2.88. The minimum absolute atomic E-state index is 0.0734. The van der Waals surface area contributed by atoms with Crippen molar-refractivity contribution in [2.45, 2.75) is 36.5 Å². The van der Waals surface area contributed by atoms with Crippen LogP contribution < -0.4 is 0 Å². The highest BCUT2D eigenvalue weighted by molar-refractivity contribution is 7.98. The summed E-state index contributed by atoms with van der Waals surface area (Å²) in [5.41, 5.74) is 1.59. The summed E-state index contributed by atoms with van der Waals surface area (Å²) in [6.45, 7) is 2.04. The van der Waals surface area contributed by atoms with E-state index in [2.05, 4.69) is 10.3 Å². The highest BCUT2D eigenvalue weighted by atomic mass is 32.2. The number of ether oxygens (including phenoxy) is 2. The molecule has 0 bridgehead atoms. The summed E-state index contributed by atoms with van der Waals surface area (Å²) in [6, 6.07) is 8.03. The van der Waals surface area contributed by atoms with E-state index in [0.29, 0.717) is 18.4 Å². The highest BCUT2D eigenvalue weighted by Gasteiger charge is 2.44. The number of likely N-dealkylation sites (tertiary alicyclic amines) is 1. The predicted molar refractivity (Wildman–Crippen MR) is 111 cm³/mol. The van der Waals surface area contributed by atoms with Gasteiger partial charge in [0.25, 0.3) is 5.91 Å². The Hall–Kier alpha value is -1.90. The zero-order chi connectivity index (χ0) is 20.4. The Morgan fingerprint density at radius 1 is 1.17 bits per heavy atom. The number of hydrogen-bond acceptors (Lipinski definition) is 6. The topological polar surface area (TPSA) is 69.5 Å². The molecular formula is C21H28N4O3S. The van der Waals surface area contributed by atoms with Gasteiger partial charge in [-0.25, -0.2) is 4.68 Å². The Bertz CT molecular complexity index is 841. The Labute approximate surface area is 175 Å². The van der Waals surface area contributed by atoms with Crippen LogP contribution in [0.1, 0.15) is 34.9 Å². The lowest BCUT2D eigenvalue weighted by Gasteiger charge is -2.36. The molecule has 2 fully saturated rings. The van der Waals surface area contributed by atoms with Gasteiger partial charge in [-0.15, -0.1) is 16.9 Å². The van der Waals surface area contributed by atoms with Crippen LogP contribution in [-0.4, -0.2) is 65.5 Å². The summed E-state index contributed by atoms with van der Waals surface area (Å²) < 4.78 is 12.9. The molecule has 0 radical (unpaired) electrons. The molecule has 8 heteroatoms. The van der Waals surface area contributed by atoms with E-state index < -0.39 is 0 Å². The molecule has 1 aliphatic heterocycles. The molecule has 29 heavy (non-hydrogen) atoms. The summed E-state index contributed by atoms with van der Waals surface area (Å²) >= 11 is 1.68. The van der Waals surface area contributed by atoms with Crippen molar-refractivity contribution < 1.29 is 14.3 Å². The second kappa shape index (κ2) is 8.85. The molecule has 156 valence electrons. The van der Waals surface area contributed by atoms with E-state index in [1.165, 1.54) is 4.90 Å². The summed E-state index contributed by atoms with van der Waals surface area (Å²) in [4.78, 5) is 16.2. The molecule has 1 saturated carbocycles. The summed E-state index contributed by atoms with van der Waals surface area (Å²) in [6.07, 6.45) is 5.93. The maximum absolute atomic E-state index is 13.0. The van der Waals surface area contributed by atoms with Gasteiger partial charge in [-0.05, 0) is 55.2 Å². The number of carbonyl (C=O) groups is 1. The fourth-order valence-corrected chi connectivity index (χ4v) is 5.10. The Morgan fingerprint density at radius 2 is 1.90 bits per heavy atom. The molecule has 1 aromatic carbocycles. The number of benzene rings is 1. The Kier molecular flexibility index (Phi) is 6.22. The van der Waals surface area contributed by atoms with E-state index in [4.69, 9.17) is 9.47 Å². The van der Waals surface area contributed by atoms with Crippen LogP contribution in [-0.2, 0) is 16.1 Å². The maximum Gasteiger partial charge on any atom is 0.253 e. The van der Waals surface area contributed by atoms with Crippen LogP contribution in [0.25, 0.3) is 0 Å². The molecule has 0 N–H and O–H groups in total. The summed E-state index contributed by atoms with van der Waals surface area (Å²) in [7, 11) is 3.41. The standard InChI is InChI=1S/C21H28N4O3S/c1-27-13-17-12-25(23-22-17)19-8-15-10-24(11-16(15)9-20(19)28-2)21(26)14-4-6-18(29-3)7-5-14/h4-7,12,15-16,19-20H,8-11,13H2,1-3H3/t15-,16+,19-,20-/m1/s1. The fraction of sp³-hybridized carbons (Fsp3) is 0.571. The highest BCUT2D eigenvalue weighted by Crippen LogP contribution is 2.42. The number of aromatic nitrogens is 3. The number of rotatable bonds is 6. The van der Waals surface area contributed by atoms with Gasteiger partial charge >= 0.3 is 0 Å². The van der Waals surface area contributed by atoms with Crippen molar-refractivity contribution in [2.24, 2.45) is 11.8 Å². The molecule has 2 aromatic rings. The number of amides is 1. The van der Waals surface area contributed by atoms with Crippen LogP contribution in [0.3, 0.4) is 0 Å². The number of thioether (sulfide) groups is 1. The largest absolute Gasteiger partial charge is 0.379 e. The van der Waals surface area contributed by atoms with Crippen LogP contribution in [0.5, 0.6) is 0 Å². The van der Waals surface area contributed by atoms with Crippen molar-refractivity contribution in [1.82, 2.24) is 19.9 Å². The van der Waals surface area contributed by atoms with Crippen LogP contribution in [0.2, 0.25) is 0 Å². The van der Waals surface area contributed by atoms with Gasteiger partial charge in [-0.1, -0.05) is 5.21 Å². The van der Waals surface area contributed by atoms with E-state index in [9.17, 15) is 4.79 Å². The van der Waals surface area contributed by atoms with Crippen molar-refractivity contribution in [3.8, 4) is 0 Å². The number of nitrogens with zero attached hydrogens (tertiary/aromatic N) is 4. The number of hydrogen-bond donors (Lipinski definition) is 0. The van der Waals surface area contributed by atoms with E-state index in [0.717, 1.165) is 37.2 Å². The number of carbonyl (C=O) groups excluding carboxylic acids is 1. The normalized spacial score (nSPS) is 26.5. The van der Waals surface area contributed by atoms with Gasteiger partial charge in [0, 0.05) is 37.8 Å². The smallest absolute Gasteiger partial charge is 0.253 e. The maximum atomic E-state index is 13.0. The molecule has 7 nitrogen and oxygen atoms in total. The van der Waals surface area contributed by atoms with Gasteiger partial charge in [0.2, 0.25) is 0 Å². The second-order valence-electron chi connectivity index (χ2n) is 7.89. The van der Waals surface area contributed by atoms with Crippen molar-refractivity contribution in [3.05, 3.63) is 41.7 Å². The first-order valence-corrected chi connectivity index (χ1v) is 11.2. The Balaban J connectivity index is 1.46. The second-order valence-corrected chi connectivity index (χ2v) is 8.77. The van der Waals surface area contributed by atoms with Crippen LogP contribution in [0.15, 0.2) is 35.4 Å². The lowest BCUT2D eigenvalue weighted by Crippen LogP contribution is -2.37. The minimum atomic E-state index is 0.0734. The van der Waals surface area contributed by atoms with Crippen LogP contribution >= 0.6 is 11.8 Å². The molecular weight excluding hydrogens is 388 g/mol. The van der Waals surface area contributed by atoms with Crippen molar-refractivity contribution in [3.63, 3.8) is 0 Å². The van der Waals surface area contributed by atoms with E-state index in [1.807, 2.05) is 46.3 Å². The minimum Gasteiger partial charge on any atom is -0.379 e. The molecule has 2 heterocycles. The molecule has 1 saturated heterocycles. The fourth-order valence-electron chi connectivity index (χ4n) is 4.69. The molecule has 1 aliphatic carbocycles. The average Bonchev–Trinajstić information content (AvgIpc) is 3.39. The molecule has 1 amide bonds. The van der Waals surface area contributed by atoms with Crippen molar-refractivity contribution in [2.75, 3.05) is 33.6 Å². The molecule has 2 aliphatic rings. The van der Waals surface area contributed by atoms with Crippen LogP contribution in [0, 0.1) is 11.8 Å². The first-order valence-electron chi connectivity index (χ1n) is 9.98. The lowest BCUT2D eigenvalue weighted by atomic mass is 9.77. The van der Waals surface area contributed by atoms with E-state index >= 15 is 0 Å². The number of fused-ring (bicyclic) bond motifs is 1. The Morgan fingerprint density at radius 3 is 2.55 bits per heavy atom.